The predicted molar refractivity (Wildman–Crippen MR) is 59.7 cm³/mol. The molecule has 0 heterocycles. The van der Waals surface area contributed by atoms with Crippen LogP contribution < -0.4 is 0 Å². The molecule has 0 atom stereocenters. The van der Waals surface area contributed by atoms with Crippen molar-refractivity contribution in [1.29, 1.82) is 0 Å². The van der Waals surface area contributed by atoms with Crippen LogP contribution in [0.15, 0.2) is 36.0 Å². The van der Waals surface area contributed by atoms with Crippen molar-refractivity contribution in [3.63, 3.8) is 0 Å². The van der Waals surface area contributed by atoms with Crippen LogP contribution in [0.2, 0.25) is 0 Å². The molecular weight excluding hydrogens is 156 g/mol. The Bertz CT molecular complexity index is 251. The molecule has 0 radical (unpaired) electrons. The van der Waals surface area contributed by atoms with Crippen molar-refractivity contribution in [3.05, 3.63) is 36.0 Å². The van der Waals surface area contributed by atoms with Gasteiger partial charge in [0.25, 0.3) is 0 Å². The Balaban J connectivity index is 2.99. The van der Waals surface area contributed by atoms with Crippen LogP contribution in [-0.4, -0.2) is 0 Å². The third kappa shape index (κ3) is 2.12. The van der Waals surface area contributed by atoms with Gasteiger partial charge in [0.15, 0.2) is 0 Å². The summed E-state index contributed by atoms with van der Waals surface area (Å²) < 4.78 is 0. The van der Waals surface area contributed by atoms with Crippen molar-refractivity contribution in [2.24, 2.45) is 5.41 Å². The van der Waals surface area contributed by atoms with E-state index in [1.807, 2.05) is 0 Å². The molecule has 0 bridgehead atoms. The molecule has 0 nitrogen and oxygen atoms in total. The summed E-state index contributed by atoms with van der Waals surface area (Å²) in [5, 5.41) is 0. The summed E-state index contributed by atoms with van der Waals surface area (Å²) in [5.41, 5.74) is 3.30. The third-order valence-corrected chi connectivity index (χ3v) is 2.92. The Morgan fingerprint density at radius 1 is 1.31 bits per heavy atom. The van der Waals surface area contributed by atoms with E-state index < -0.39 is 0 Å². The van der Waals surface area contributed by atoms with Crippen molar-refractivity contribution >= 4 is 0 Å². The number of allylic oxidation sites excluding steroid dienone is 5. The standard InChI is InChI=1S/C13H20/c1-5-8-11-9-7-10-12(11)13(3,4)6-2/h5-6,8H,2,7,9-10H2,1,3-4H3/b8-5-. The van der Waals surface area contributed by atoms with E-state index in [-0.39, 0.29) is 5.41 Å². The van der Waals surface area contributed by atoms with Gasteiger partial charge in [0.1, 0.15) is 0 Å². The van der Waals surface area contributed by atoms with E-state index in [2.05, 4.69) is 45.6 Å². The first kappa shape index (κ1) is 10.3. The van der Waals surface area contributed by atoms with E-state index >= 15 is 0 Å². The fourth-order valence-electron chi connectivity index (χ4n) is 2.01. The maximum Gasteiger partial charge on any atom is 0.00373 e. The molecule has 0 fully saturated rings. The summed E-state index contributed by atoms with van der Waals surface area (Å²) in [6.45, 7) is 10.5. The molecule has 0 heteroatoms. The van der Waals surface area contributed by atoms with Crippen molar-refractivity contribution in [2.45, 2.75) is 40.0 Å². The Labute approximate surface area is 82.0 Å². The van der Waals surface area contributed by atoms with E-state index in [1.54, 1.807) is 5.57 Å². The lowest BCUT2D eigenvalue weighted by molar-refractivity contribution is 0.560. The molecule has 1 aliphatic rings. The first-order valence-electron chi connectivity index (χ1n) is 5.10. The molecule has 1 rings (SSSR count). The van der Waals surface area contributed by atoms with Gasteiger partial charge < -0.3 is 0 Å². The molecule has 0 saturated heterocycles. The van der Waals surface area contributed by atoms with Crippen LogP contribution in [-0.2, 0) is 0 Å². The Morgan fingerprint density at radius 3 is 2.54 bits per heavy atom. The molecule has 0 N–H and O–H groups in total. The zero-order valence-electron chi connectivity index (χ0n) is 9.06. The van der Waals surface area contributed by atoms with Gasteiger partial charge in [-0.05, 0) is 31.8 Å². The predicted octanol–water partition coefficient (Wildman–Crippen LogP) is 4.26. The van der Waals surface area contributed by atoms with Crippen molar-refractivity contribution in [1.82, 2.24) is 0 Å². The first-order chi connectivity index (χ1) is 6.11. The van der Waals surface area contributed by atoms with Crippen molar-refractivity contribution in [3.8, 4) is 0 Å². The zero-order chi connectivity index (χ0) is 9.90. The van der Waals surface area contributed by atoms with Gasteiger partial charge in [0, 0.05) is 5.41 Å². The van der Waals surface area contributed by atoms with Crippen LogP contribution in [0.3, 0.4) is 0 Å². The van der Waals surface area contributed by atoms with Gasteiger partial charge in [-0.1, -0.05) is 37.6 Å². The van der Waals surface area contributed by atoms with Crippen LogP contribution in [0.25, 0.3) is 0 Å². The third-order valence-electron chi connectivity index (χ3n) is 2.92. The zero-order valence-corrected chi connectivity index (χ0v) is 9.06. The highest BCUT2D eigenvalue weighted by atomic mass is 14.3. The van der Waals surface area contributed by atoms with Gasteiger partial charge >= 0.3 is 0 Å². The maximum atomic E-state index is 3.91. The fraction of sp³-hybridized carbons (Fsp3) is 0.538. The monoisotopic (exact) mass is 176 g/mol. The van der Waals surface area contributed by atoms with Crippen LogP contribution in [0.1, 0.15) is 40.0 Å². The lowest BCUT2D eigenvalue weighted by atomic mass is 9.82. The van der Waals surface area contributed by atoms with E-state index in [0.717, 1.165) is 0 Å². The van der Waals surface area contributed by atoms with Crippen molar-refractivity contribution in [2.75, 3.05) is 0 Å². The van der Waals surface area contributed by atoms with E-state index in [1.165, 1.54) is 24.8 Å². The number of hydrogen-bond donors (Lipinski definition) is 0. The minimum atomic E-state index is 0.186. The van der Waals surface area contributed by atoms with Crippen LogP contribution in [0.5, 0.6) is 0 Å². The van der Waals surface area contributed by atoms with Crippen LogP contribution >= 0.6 is 0 Å². The van der Waals surface area contributed by atoms with Gasteiger partial charge in [0.2, 0.25) is 0 Å². The highest BCUT2D eigenvalue weighted by Gasteiger charge is 2.24. The number of rotatable bonds is 3. The molecule has 1 aliphatic carbocycles. The molecular formula is C13H20. The second-order valence-corrected chi connectivity index (χ2v) is 4.28. The van der Waals surface area contributed by atoms with Gasteiger partial charge in [0.05, 0.1) is 0 Å². The molecule has 0 spiro atoms. The minimum absolute atomic E-state index is 0.186. The number of hydrogen-bond acceptors (Lipinski definition) is 0. The molecule has 0 aromatic heterocycles. The fourth-order valence-corrected chi connectivity index (χ4v) is 2.01. The lowest BCUT2D eigenvalue weighted by Gasteiger charge is -2.23. The summed E-state index contributed by atoms with van der Waals surface area (Å²) in [6.07, 6.45) is 10.3. The molecule has 0 saturated carbocycles. The normalized spacial score (nSPS) is 18.7. The summed E-state index contributed by atoms with van der Waals surface area (Å²) in [7, 11) is 0. The molecule has 0 aliphatic heterocycles. The summed E-state index contributed by atoms with van der Waals surface area (Å²) in [5.74, 6) is 0. The Kier molecular flexibility index (Phi) is 3.13. The van der Waals surface area contributed by atoms with Gasteiger partial charge in [-0.15, -0.1) is 6.58 Å². The summed E-state index contributed by atoms with van der Waals surface area (Å²) >= 11 is 0. The lowest BCUT2D eigenvalue weighted by Crippen LogP contribution is -2.10. The average molecular weight is 176 g/mol. The Morgan fingerprint density at radius 2 is 2.00 bits per heavy atom. The topological polar surface area (TPSA) is 0 Å². The highest BCUT2D eigenvalue weighted by molar-refractivity contribution is 5.35. The SMILES string of the molecule is C=CC(C)(C)C1=C(/C=C\C)CCC1. The van der Waals surface area contributed by atoms with Crippen LogP contribution in [0, 0.1) is 5.41 Å². The van der Waals surface area contributed by atoms with E-state index in [9.17, 15) is 0 Å². The molecule has 0 aromatic carbocycles. The molecule has 0 aromatic rings. The maximum absolute atomic E-state index is 3.91. The smallest absolute Gasteiger partial charge is 0.00373 e. The Hall–Kier alpha value is -0.780. The second kappa shape index (κ2) is 3.95. The van der Waals surface area contributed by atoms with Gasteiger partial charge in [-0.25, -0.2) is 0 Å². The highest BCUT2D eigenvalue weighted by Crippen LogP contribution is 2.40. The largest absolute Gasteiger partial charge is 0.102 e. The van der Waals surface area contributed by atoms with E-state index in [0.29, 0.717) is 0 Å². The second-order valence-electron chi connectivity index (χ2n) is 4.28. The van der Waals surface area contributed by atoms with Gasteiger partial charge in [-0.2, -0.15) is 0 Å². The van der Waals surface area contributed by atoms with E-state index in [4.69, 9.17) is 0 Å². The molecule has 0 amide bonds. The molecule has 13 heavy (non-hydrogen) atoms. The average Bonchev–Trinajstić information content (AvgIpc) is 2.54. The summed E-state index contributed by atoms with van der Waals surface area (Å²) in [4.78, 5) is 0. The van der Waals surface area contributed by atoms with Gasteiger partial charge in [-0.3, -0.25) is 0 Å². The van der Waals surface area contributed by atoms with Crippen molar-refractivity contribution < 1.29 is 0 Å². The minimum Gasteiger partial charge on any atom is -0.102 e. The quantitative estimate of drug-likeness (QED) is 0.564. The summed E-state index contributed by atoms with van der Waals surface area (Å²) in [6, 6.07) is 0. The van der Waals surface area contributed by atoms with Crippen LogP contribution in [0.4, 0.5) is 0 Å². The molecule has 72 valence electrons. The molecule has 0 unspecified atom stereocenters. The first-order valence-corrected chi connectivity index (χ1v) is 5.10.